The molecule has 0 amide bonds. The van der Waals surface area contributed by atoms with Crippen LogP contribution in [0.3, 0.4) is 0 Å². The lowest BCUT2D eigenvalue weighted by atomic mass is 9.78. The number of hydrogen-bond acceptors (Lipinski definition) is 3. The molecule has 16 aromatic carbocycles. The first kappa shape index (κ1) is 54.1. The van der Waals surface area contributed by atoms with Gasteiger partial charge in [-0.15, -0.1) is 11.3 Å². The van der Waals surface area contributed by atoms with Gasteiger partial charge in [0.1, 0.15) is 11.2 Å². The van der Waals surface area contributed by atoms with Gasteiger partial charge in [0.2, 0.25) is 0 Å². The monoisotopic (exact) mass is 1380 g/mol. The number of furan rings is 1. The number of thiophene rings is 1. The zero-order chi connectivity index (χ0) is 79.7. The van der Waals surface area contributed by atoms with E-state index in [1.54, 1.807) is 0 Å². The van der Waals surface area contributed by atoms with Crippen molar-refractivity contribution in [1.29, 1.82) is 0 Å². The molecule has 0 fully saturated rings. The number of anilines is 3. The highest BCUT2D eigenvalue weighted by Gasteiger charge is 2.39. The van der Waals surface area contributed by atoms with E-state index >= 15 is 0 Å². The molecule has 0 N–H and O–H groups in total. The minimum absolute atomic E-state index is 0.121. The summed E-state index contributed by atoms with van der Waals surface area (Å²) in [7, 11) is 0. The SMILES string of the molecule is [2H]c1c([2H])c([2H])c(-c2ccc(C(c3ccc(-c4ccccc4)cc3)c3ccc4c(c3)C(C)(C)c3cc(-c5cccc6c5sc5ccccc56)ccc3-4)cc2)c([2H])c1[2H].[2H]c1c([2H])c([2H])c(-c2ccc(N(c3ccc(-c4ccccc4)cc3)c3ccc4c(c3)C(C)(C)c3cc(-c5cccc6c5oc5ccccc56)ccc3-4)cc2)c([2H])c1[2H]. The molecule has 0 spiro atoms. The summed E-state index contributed by atoms with van der Waals surface area (Å²) in [5.74, 6) is -0.121. The predicted molar refractivity (Wildman–Crippen MR) is 449 cm³/mol. The van der Waals surface area contributed by atoms with Gasteiger partial charge >= 0.3 is 0 Å². The maximum Gasteiger partial charge on any atom is 0.143 e. The first-order valence-electron chi connectivity index (χ1n) is 41.1. The second-order valence-corrected chi connectivity index (χ2v) is 29.8. The van der Waals surface area contributed by atoms with E-state index < -0.39 is 6.04 Å². The average Bonchev–Trinajstić information content (AvgIpc) is 1.56. The van der Waals surface area contributed by atoms with Crippen molar-refractivity contribution in [1.82, 2.24) is 0 Å². The lowest BCUT2D eigenvalue weighted by Crippen LogP contribution is -2.16. The quantitative estimate of drug-likeness (QED) is 0.113. The van der Waals surface area contributed by atoms with Crippen molar-refractivity contribution in [3.05, 3.63) is 415 Å². The van der Waals surface area contributed by atoms with Gasteiger partial charge in [0, 0.05) is 70.3 Å². The van der Waals surface area contributed by atoms with Crippen molar-refractivity contribution in [3.8, 4) is 89.0 Å². The predicted octanol–water partition coefficient (Wildman–Crippen LogP) is 28.9. The normalized spacial score (nSPS) is 14.5. The smallest absolute Gasteiger partial charge is 0.143 e. The first-order chi connectivity index (χ1) is 56.2. The Morgan fingerprint density at radius 1 is 0.292 bits per heavy atom. The van der Waals surface area contributed by atoms with Crippen LogP contribution in [0.5, 0.6) is 0 Å². The molecule has 2 aromatic heterocycles. The number of rotatable bonds is 12. The summed E-state index contributed by atoms with van der Waals surface area (Å²) >= 11 is 1.86. The molecule has 0 saturated carbocycles. The minimum Gasteiger partial charge on any atom is -0.455 e. The van der Waals surface area contributed by atoms with Gasteiger partial charge in [0.25, 0.3) is 0 Å². The fourth-order valence-electron chi connectivity index (χ4n) is 16.4. The minimum atomic E-state index is -0.401. The second kappa shape index (κ2) is 26.2. The third-order valence-electron chi connectivity index (χ3n) is 21.9. The van der Waals surface area contributed by atoms with E-state index in [1.807, 2.05) is 102 Å². The van der Waals surface area contributed by atoms with Gasteiger partial charge in [-0.05, 0) is 183 Å². The van der Waals surface area contributed by atoms with Gasteiger partial charge in [-0.25, -0.2) is 0 Å². The maximum atomic E-state index is 8.58. The Kier molecular flexibility index (Phi) is 13.4. The van der Waals surface area contributed by atoms with Crippen LogP contribution in [-0.2, 0) is 10.8 Å². The number of nitrogens with zero attached hydrogens (tertiary/aromatic N) is 1. The van der Waals surface area contributed by atoms with Crippen molar-refractivity contribution in [2.24, 2.45) is 0 Å². The van der Waals surface area contributed by atoms with E-state index in [4.69, 9.17) is 18.1 Å². The third kappa shape index (κ3) is 11.3. The molecular weight excluding hydrogens is 1300 g/mol. The molecule has 0 radical (unpaired) electrons. The van der Waals surface area contributed by atoms with Gasteiger partial charge in [-0.3, -0.25) is 0 Å². The zero-order valence-corrected chi connectivity index (χ0v) is 59.7. The molecule has 2 aliphatic rings. The fourth-order valence-corrected chi connectivity index (χ4v) is 17.7. The largest absolute Gasteiger partial charge is 0.455 e. The Morgan fingerprint density at radius 2 is 0.689 bits per heavy atom. The summed E-state index contributed by atoms with van der Waals surface area (Å²) in [4.78, 5) is 2.22. The van der Waals surface area contributed by atoms with Gasteiger partial charge in [0.15, 0.2) is 0 Å². The molecule has 0 aliphatic heterocycles. The van der Waals surface area contributed by atoms with Crippen LogP contribution in [0.25, 0.3) is 131 Å². The van der Waals surface area contributed by atoms with Crippen LogP contribution in [-0.4, -0.2) is 0 Å². The molecule has 1 unspecified atom stereocenters. The molecule has 106 heavy (non-hydrogen) atoms. The van der Waals surface area contributed by atoms with Crippen molar-refractivity contribution >= 4 is 70.5 Å². The number of para-hydroxylation sites is 2. The molecule has 3 heteroatoms. The summed E-state index contributed by atoms with van der Waals surface area (Å²) in [5.41, 5.74) is 28.2. The summed E-state index contributed by atoms with van der Waals surface area (Å²) < 4.78 is 92.4. The molecule has 1 atom stereocenters. The van der Waals surface area contributed by atoms with E-state index in [1.165, 1.54) is 75.8 Å². The van der Waals surface area contributed by atoms with E-state index in [-0.39, 0.29) is 82.3 Å². The second-order valence-electron chi connectivity index (χ2n) is 28.7. The van der Waals surface area contributed by atoms with E-state index in [0.717, 1.165) is 89.1 Å². The standard InChI is InChI=1S/C52H38S.C51H37NO/c1-52(2)47-32-40(42-17-11-18-46-45-16-9-10-19-49(45)53-51(42)46)28-30-43(47)44-31-29-41(33-48(44)52)50(38-24-20-36(21-25-38)34-12-5-3-6-13-34)39-26-22-37(23-27-39)35-14-7-4-8-15-35;1-51(2)47-32-38(42-17-11-18-46-45-16-9-10-19-49(45)53-50(42)46)24-30-43(47)44-31-29-41(33-48(44)51)52(39-25-20-36(21-26-39)34-12-5-3-6-13-34)40-27-22-37(23-28-40)35-14-7-4-8-15-35/h3-33,50H,1-2H3;3-33H,1-2H3/i2*3D,5D,6D,12D,13D. The lowest BCUT2D eigenvalue weighted by molar-refractivity contribution is 0.659. The molecule has 2 aliphatic carbocycles. The molecule has 504 valence electrons. The van der Waals surface area contributed by atoms with Crippen LogP contribution in [0.1, 0.15) is 86.3 Å². The molecule has 0 bridgehead atoms. The summed E-state index contributed by atoms with van der Waals surface area (Å²) in [6, 6.07) is 108. The van der Waals surface area contributed by atoms with Crippen molar-refractivity contribution in [2.75, 3.05) is 4.90 Å². The number of benzene rings is 16. The molecule has 18 aromatic rings. The Bertz CT molecular complexity index is 6510. The van der Waals surface area contributed by atoms with E-state index in [0.29, 0.717) is 11.1 Å². The Balaban J connectivity index is 0.000000155. The maximum absolute atomic E-state index is 8.58. The van der Waals surface area contributed by atoms with Gasteiger partial charge in [-0.2, -0.15) is 0 Å². The molecular formula is C103H75NOS. The summed E-state index contributed by atoms with van der Waals surface area (Å²) in [5, 5.41) is 4.83. The topological polar surface area (TPSA) is 16.4 Å². The van der Waals surface area contributed by atoms with Crippen LogP contribution in [0.4, 0.5) is 17.1 Å². The van der Waals surface area contributed by atoms with Crippen LogP contribution in [0.15, 0.2) is 380 Å². The van der Waals surface area contributed by atoms with E-state index in [9.17, 15) is 0 Å². The highest BCUT2D eigenvalue weighted by Crippen LogP contribution is 2.55. The number of fused-ring (bicyclic) bond motifs is 12. The van der Waals surface area contributed by atoms with Crippen molar-refractivity contribution in [3.63, 3.8) is 0 Å². The molecule has 20 rings (SSSR count). The van der Waals surface area contributed by atoms with Crippen LogP contribution in [0.2, 0.25) is 0 Å². The molecule has 0 saturated heterocycles. The Hall–Kier alpha value is -12.7. The molecule has 2 heterocycles. The van der Waals surface area contributed by atoms with Crippen LogP contribution >= 0.6 is 11.3 Å². The van der Waals surface area contributed by atoms with Crippen molar-refractivity contribution < 1.29 is 18.1 Å². The van der Waals surface area contributed by atoms with Crippen LogP contribution < -0.4 is 4.90 Å². The first-order valence-corrected chi connectivity index (χ1v) is 36.9. The number of hydrogen-bond donors (Lipinski definition) is 0. The Labute approximate surface area is 638 Å². The Morgan fingerprint density at radius 3 is 1.25 bits per heavy atom. The van der Waals surface area contributed by atoms with Crippen molar-refractivity contribution in [2.45, 2.75) is 44.4 Å². The average molecular weight is 1380 g/mol. The zero-order valence-electron chi connectivity index (χ0n) is 68.9. The third-order valence-corrected chi connectivity index (χ3v) is 23.1. The lowest BCUT2D eigenvalue weighted by Gasteiger charge is -2.28. The molecule has 2 nitrogen and oxygen atoms in total. The van der Waals surface area contributed by atoms with Gasteiger partial charge < -0.3 is 9.32 Å². The van der Waals surface area contributed by atoms with Gasteiger partial charge in [0.05, 0.1) is 13.7 Å². The fraction of sp³-hybridized carbons (Fsp3) is 0.0680. The summed E-state index contributed by atoms with van der Waals surface area (Å²) in [6.45, 7) is 9.26. The highest BCUT2D eigenvalue weighted by molar-refractivity contribution is 7.26. The van der Waals surface area contributed by atoms with E-state index in [2.05, 4.69) is 257 Å². The highest BCUT2D eigenvalue weighted by atomic mass is 32.1. The van der Waals surface area contributed by atoms with Crippen LogP contribution in [0, 0.1) is 0 Å². The summed E-state index contributed by atoms with van der Waals surface area (Å²) in [6.07, 6.45) is 0. The van der Waals surface area contributed by atoms with Gasteiger partial charge in [-0.1, -0.05) is 343 Å².